The van der Waals surface area contributed by atoms with Crippen molar-refractivity contribution in [2.75, 3.05) is 43.5 Å². The lowest BCUT2D eigenvalue weighted by molar-refractivity contribution is 0.101. The van der Waals surface area contributed by atoms with Gasteiger partial charge >= 0.3 is 6.03 Å². The molecule has 142 valence electrons. The number of nitrogens with one attached hydrogen (secondary N) is 1. The van der Waals surface area contributed by atoms with E-state index in [9.17, 15) is 9.59 Å². The molecule has 3 rings (SSSR count). The Morgan fingerprint density at radius 2 is 1.81 bits per heavy atom. The summed E-state index contributed by atoms with van der Waals surface area (Å²) in [6.45, 7) is 4.17. The van der Waals surface area contributed by atoms with Crippen molar-refractivity contribution >= 4 is 34.8 Å². The van der Waals surface area contributed by atoms with Crippen molar-refractivity contribution in [2.24, 2.45) is 0 Å². The first-order valence-electron chi connectivity index (χ1n) is 8.73. The molecular formula is C20H22ClN3O3. The number of nitrogens with zero attached hydrogens (tertiary/aromatic N) is 2. The standard InChI is InChI=1S/C20H22ClN3O3/c1-14(25)15-4-3-5-17(12-15)23-8-10-24(11-9-23)20(26)22-16-6-7-19(27-2)18(21)13-16/h3-7,12-13H,8-11H2,1-2H3,(H,22,26). The molecule has 0 saturated carbocycles. The summed E-state index contributed by atoms with van der Waals surface area (Å²) in [5, 5.41) is 3.32. The summed E-state index contributed by atoms with van der Waals surface area (Å²) < 4.78 is 5.12. The highest BCUT2D eigenvalue weighted by atomic mass is 35.5. The number of hydrogen-bond acceptors (Lipinski definition) is 4. The number of anilines is 2. The molecule has 2 amide bonds. The second-order valence-electron chi connectivity index (χ2n) is 6.36. The summed E-state index contributed by atoms with van der Waals surface area (Å²) in [7, 11) is 1.55. The van der Waals surface area contributed by atoms with Crippen LogP contribution < -0.4 is 15.0 Å². The van der Waals surface area contributed by atoms with E-state index in [-0.39, 0.29) is 11.8 Å². The third kappa shape index (κ3) is 4.52. The van der Waals surface area contributed by atoms with Crippen LogP contribution in [0.1, 0.15) is 17.3 Å². The highest BCUT2D eigenvalue weighted by Gasteiger charge is 2.22. The van der Waals surface area contributed by atoms with Crippen LogP contribution in [0.15, 0.2) is 42.5 Å². The first-order valence-corrected chi connectivity index (χ1v) is 9.11. The summed E-state index contributed by atoms with van der Waals surface area (Å²) in [5.41, 5.74) is 2.33. The average molecular weight is 388 g/mol. The van der Waals surface area contributed by atoms with E-state index in [1.54, 1.807) is 37.1 Å². The second-order valence-corrected chi connectivity index (χ2v) is 6.77. The van der Waals surface area contributed by atoms with Gasteiger partial charge in [0.25, 0.3) is 0 Å². The van der Waals surface area contributed by atoms with Crippen molar-refractivity contribution in [1.29, 1.82) is 0 Å². The minimum Gasteiger partial charge on any atom is -0.495 e. The van der Waals surface area contributed by atoms with Gasteiger partial charge in [-0.15, -0.1) is 0 Å². The van der Waals surface area contributed by atoms with Crippen LogP contribution in [0, 0.1) is 0 Å². The van der Waals surface area contributed by atoms with Crippen LogP contribution in [0.5, 0.6) is 5.75 Å². The van der Waals surface area contributed by atoms with E-state index in [4.69, 9.17) is 16.3 Å². The van der Waals surface area contributed by atoms with Crippen molar-refractivity contribution in [1.82, 2.24) is 4.90 Å². The summed E-state index contributed by atoms with van der Waals surface area (Å²) in [6, 6.07) is 12.6. The molecule has 0 bridgehead atoms. The SMILES string of the molecule is COc1ccc(NC(=O)N2CCN(c3cccc(C(C)=O)c3)CC2)cc1Cl. The molecule has 0 aromatic heterocycles. The Hall–Kier alpha value is -2.73. The van der Waals surface area contributed by atoms with Crippen molar-refractivity contribution in [3.8, 4) is 5.75 Å². The van der Waals surface area contributed by atoms with E-state index < -0.39 is 0 Å². The molecule has 1 N–H and O–H groups in total. The zero-order chi connectivity index (χ0) is 19.4. The van der Waals surface area contributed by atoms with Gasteiger partial charge in [0, 0.05) is 43.1 Å². The maximum atomic E-state index is 12.5. The molecule has 2 aromatic rings. The highest BCUT2D eigenvalue weighted by molar-refractivity contribution is 6.32. The molecule has 0 unspecified atom stereocenters. The van der Waals surface area contributed by atoms with Crippen LogP contribution in [-0.4, -0.2) is 50.0 Å². The largest absolute Gasteiger partial charge is 0.495 e. The minimum atomic E-state index is -0.159. The Bertz CT molecular complexity index is 848. The Labute approximate surface area is 163 Å². The zero-order valence-electron chi connectivity index (χ0n) is 15.4. The van der Waals surface area contributed by atoms with Gasteiger partial charge in [0.1, 0.15) is 5.75 Å². The lowest BCUT2D eigenvalue weighted by Gasteiger charge is -2.36. The van der Waals surface area contributed by atoms with Gasteiger partial charge in [-0.1, -0.05) is 23.7 Å². The number of benzene rings is 2. The molecule has 1 saturated heterocycles. The van der Waals surface area contributed by atoms with E-state index in [0.29, 0.717) is 48.2 Å². The maximum Gasteiger partial charge on any atom is 0.321 e. The van der Waals surface area contributed by atoms with E-state index >= 15 is 0 Å². The Morgan fingerprint density at radius 1 is 1.07 bits per heavy atom. The lowest BCUT2D eigenvalue weighted by atomic mass is 10.1. The number of amides is 2. The predicted molar refractivity (Wildman–Crippen MR) is 107 cm³/mol. The van der Waals surface area contributed by atoms with Gasteiger partial charge in [-0.2, -0.15) is 0 Å². The molecule has 1 aliphatic heterocycles. The van der Waals surface area contributed by atoms with Gasteiger partial charge < -0.3 is 19.9 Å². The van der Waals surface area contributed by atoms with Crippen molar-refractivity contribution < 1.29 is 14.3 Å². The van der Waals surface area contributed by atoms with Crippen LogP contribution in [0.2, 0.25) is 5.02 Å². The van der Waals surface area contributed by atoms with Gasteiger partial charge in [0.15, 0.2) is 5.78 Å². The number of urea groups is 1. The van der Waals surface area contributed by atoms with Crippen LogP contribution in [0.4, 0.5) is 16.2 Å². The summed E-state index contributed by atoms with van der Waals surface area (Å²) in [5.74, 6) is 0.615. The number of carbonyl (C=O) groups excluding carboxylic acids is 2. The molecule has 1 fully saturated rings. The topological polar surface area (TPSA) is 61.9 Å². The Balaban J connectivity index is 1.58. The smallest absolute Gasteiger partial charge is 0.321 e. The molecule has 0 spiro atoms. The maximum absolute atomic E-state index is 12.5. The molecule has 6 nitrogen and oxygen atoms in total. The summed E-state index contributed by atoms with van der Waals surface area (Å²) in [6.07, 6.45) is 0. The van der Waals surface area contributed by atoms with E-state index in [2.05, 4.69) is 10.2 Å². The molecule has 2 aromatic carbocycles. The number of rotatable bonds is 4. The first-order chi connectivity index (χ1) is 13.0. The molecular weight excluding hydrogens is 366 g/mol. The number of Topliss-reactive ketones (excluding diaryl/α,β-unsaturated/α-hetero) is 1. The third-order valence-corrected chi connectivity index (χ3v) is 4.88. The monoisotopic (exact) mass is 387 g/mol. The van der Waals surface area contributed by atoms with Gasteiger partial charge in [-0.3, -0.25) is 4.79 Å². The van der Waals surface area contributed by atoms with Gasteiger partial charge in [-0.05, 0) is 37.3 Å². The van der Waals surface area contributed by atoms with Crippen molar-refractivity contribution in [2.45, 2.75) is 6.92 Å². The fraction of sp³-hybridized carbons (Fsp3) is 0.300. The fourth-order valence-corrected chi connectivity index (χ4v) is 3.29. The Kier molecular flexibility index (Phi) is 5.86. The zero-order valence-corrected chi connectivity index (χ0v) is 16.1. The predicted octanol–water partition coefficient (Wildman–Crippen LogP) is 3.91. The van der Waals surface area contributed by atoms with Crippen LogP contribution in [0.3, 0.4) is 0 Å². The summed E-state index contributed by atoms with van der Waals surface area (Å²) >= 11 is 6.10. The number of methoxy groups -OCH3 is 1. The highest BCUT2D eigenvalue weighted by Crippen LogP contribution is 2.27. The van der Waals surface area contributed by atoms with Crippen molar-refractivity contribution in [3.63, 3.8) is 0 Å². The van der Waals surface area contributed by atoms with Crippen LogP contribution >= 0.6 is 11.6 Å². The molecule has 7 heteroatoms. The lowest BCUT2D eigenvalue weighted by Crippen LogP contribution is -2.50. The van der Waals surface area contributed by atoms with Crippen LogP contribution in [-0.2, 0) is 0 Å². The molecule has 0 aliphatic carbocycles. The third-order valence-electron chi connectivity index (χ3n) is 4.59. The molecule has 27 heavy (non-hydrogen) atoms. The van der Waals surface area contributed by atoms with Crippen LogP contribution in [0.25, 0.3) is 0 Å². The number of hydrogen-bond donors (Lipinski definition) is 1. The quantitative estimate of drug-likeness (QED) is 0.808. The Morgan fingerprint density at radius 3 is 2.44 bits per heavy atom. The number of piperazine rings is 1. The average Bonchev–Trinajstić information content (AvgIpc) is 2.68. The minimum absolute atomic E-state index is 0.0491. The summed E-state index contributed by atoms with van der Waals surface area (Å²) in [4.78, 5) is 28.0. The molecule has 1 aliphatic rings. The first kappa shape index (κ1) is 19.0. The van der Waals surface area contributed by atoms with Gasteiger partial charge in [0.05, 0.1) is 12.1 Å². The number of carbonyl (C=O) groups is 2. The van der Waals surface area contributed by atoms with Gasteiger partial charge in [0.2, 0.25) is 0 Å². The van der Waals surface area contributed by atoms with E-state index in [1.807, 2.05) is 24.3 Å². The fourth-order valence-electron chi connectivity index (χ4n) is 3.04. The molecule has 0 atom stereocenters. The second kappa shape index (κ2) is 8.31. The molecule has 1 heterocycles. The van der Waals surface area contributed by atoms with E-state index in [0.717, 1.165) is 5.69 Å². The number of ketones is 1. The van der Waals surface area contributed by atoms with E-state index in [1.165, 1.54) is 0 Å². The van der Waals surface area contributed by atoms with Crippen molar-refractivity contribution in [3.05, 3.63) is 53.1 Å². The van der Waals surface area contributed by atoms with Gasteiger partial charge in [-0.25, -0.2) is 4.79 Å². The number of halogens is 1. The number of ether oxygens (including phenoxy) is 1. The normalized spacial score (nSPS) is 14.0. The molecule has 0 radical (unpaired) electrons.